The van der Waals surface area contributed by atoms with Gasteiger partial charge in [-0.3, -0.25) is 9.38 Å². The molecule has 148 valence electrons. The molecule has 5 nitrogen and oxygen atoms in total. The van der Waals surface area contributed by atoms with E-state index in [-0.39, 0.29) is 0 Å². The van der Waals surface area contributed by atoms with Gasteiger partial charge in [0.1, 0.15) is 5.75 Å². The first kappa shape index (κ1) is 18.3. The Bertz CT molecular complexity index is 1300. The third kappa shape index (κ3) is 3.39. The van der Waals surface area contributed by atoms with Gasteiger partial charge >= 0.3 is 0 Å². The molecular weight excluding hydrogens is 372 g/mol. The average molecular weight is 394 g/mol. The van der Waals surface area contributed by atoms with E-state index in [1.54, 1.807) is 0 Å². The maximum Gasteiger partial charge on any atom is 0.169 e. The zero-order chi connectivity index (χ0) is 20.3. The number of rotatable bonds is 6. The summed E-state index contributed by atoms with van der Waals surface area (Å²) in [5, 5.41) is 9.96. The van der Waals surface area contributed by atoms with Gasteiger partial charge in [-0.25, -0.2) is 0 Å². The molecule has 0 aliphatic carbocycles. The molecule has 0 N–H and O–H groups in total. The van der Waals surface area contributed by atoms with Crippen molar-refractivity contribution in [1.82, 2.24) is 19.6 Å². The third-order valence-electron chi connectivity index (χ3n) is 5.25. The zero-order valence-corrected chi connectivity index (χ0v) is 16.8. The second-order valence-electron chi connectivity index (χ2n) is 7.27. The van der Waals surface area contributed by atoms with E-state index in [0.717, 1.165) is 64.3 Å². The molecule has 0 fully saturated rings. The third-order valence-corrected chi connectivity index (χ3v) is 5.25. The lowest BCUT2D eigenvalue weighted by atomic mass is 10.1. The van der Waals surface area contributed by atoms with Crippen LogP contribution in [0.1, 0.15) is 19.8 Å². The van der Waals surface area contributed by atoms with Crippen LogP contribution in [0.3, 0.4) is 0 Å². The predicted molar refractivity (Wildman–Crippen MR) is 120 cm³/mol. The minimum Gasteiger partial charge on any atom is -0.494 e. The normalized spacial score (nSPS) is 11.2. The number of ether oxygens (including phenoxy) is 1. The largest absolute Gasteiger partial charge is 0.494 e. The summed E-state index contributed by atoms with van der Waals surface area (Å²) in [5.74, 6) is 1.72. The smallest absolute Gasteiger partial charge is 0.169 e. The van der Waals surface area contributed by atoms with Crippen molar-refractivity contribution in [2.24, 2.45) is 0 Å². The van der Waals surface area contributed by atoms with Crippen molar-refractivity contribution in [3.8, 4) is 28.3 Å². The summed E-state index contributed by atoms with van der Waals surface area (Å²) in [6.45, 7) is 2.92. The van der Waals surface area contributed by atoms with Gasteiger partial charge in [0, 0.05) is 23.3 Å². The molecular formula is C25H22N4O. The van der Waals surface area contributed by atoms with Crippen molar-refractivity contribution in [2.75, 3.05) is 6.61 Å². The molecule has 0 unspecified atom stereocenters. The molecule has 0 radical (unpaired) electrons. The van der Waals surface area contributed by atoms with Crippen molar-refractivity contribution in [1.29, 1.82) is 0 Å². The van der Waals surface area contributed by atoms with Gasteiger partial charge in [0.05, 0.1) is 12.1 Å². The van der Waals surface area contributed by atoms with E-state index in [9.17, 15) is 0 Å². The highest BCUT2D eigenvalue weighted by molar-refractivity contribution is 5.92. The number of fused-ring (bicyclic) bond motifs is 2. The minimum atomic E-state index is 0.758. The van der Waals surface area contributed by atoms with Crippen LogP contribution in [-0.4, -0.2) is 26.2 Å². The number of hydrogen-bond donors (Lipinski definition) is 0. The maximum atomic E-state index is 5.76. The van der Waals surface area contributed by atoms with E-state index in [1.165, 1.54) is 0 Å². The first-order chi connectivity index (χ1) is 14.8. The van der Waals surface area contributed by atoms with Crippen LogP contribution in [0, 0.1) is 0 Å². The van der Waals surface area contributed by atoms with Crippen LogP contribution in [0.25, 0.3) is 39.1 Å². The molecule has 30 heavy (non-hydrogen) atoms. The van der Waals surface area contributed by atoms with Gasteiger partial charge in [0.25, 0.3) is 0 Å². The summed E-state index contributed by atoms with van der Waals surface area (Å²) in [6.07, 6.45) is 6.05. The monoisotopic (exact) mass is 394 g/mol. The van der Waals surface area contributed by atoms with Gasteiger partial charge < -0.3 is 4.74 Å². The number of nitrogens with zero attached hydrogens (tertiary/aromatic N) is 4. The Morgan fingerprint density at radius 3 is 2.63 bits per heavy atom. The molecule has 0 atom stereocenters. The van der Waals surface area contributed by atoms with Crippen molar-refractivity contribution in [3.63, 3.8) is 0 Å². The van der Waals surface area contributed by atoms with Crippen LogP contribution in [0.5, 0.6) is 5.75 Å². The van der Waals surface area contributed by atoms with Crippen molar-refractivity contribution in [3.05, 3.63) is 79.1 Å². The summed E-state index contributed by atoms with van der Waals surface area (Å²) >= 11 is 0. The van der Waals surface area contributed by atoms with Crippen LogP contribution in [0.2, 0.25) is 0 Å². The standard InChI is InChI=1S/C25H22N4O/c1-2-3-16-30-20-10-8-18(9-11-20)19-13-15-29-24(17-19)27-28-25(29)22-12-14-26-23-7-5-4-6-21(22)23/h4-15,17H,2-3,16H2,1H3. The minimum absolute atomic E-state index is 0.758. The molecule has 5 rings (SSSR count). The van der Waals surface area contributed by atoms with Crippen LogP contribution in [0.4, 0.5) is 0 Å². The molecule has 5 aromatic rings. The summed E-state index contributed by atoms with van der Waals surface area (Å²) in [4.78, 5) is 4.45. The molecule has 0 aliphatic rings. The van der Waals surface area contributed by atoms with E-state index < -0.39 is 0 Å². The Kier molecular flexibility index (Phi) is 4.85. The van der Waals surface area contributed by atoms with Gasteiger partial charge in [-0.15, -0.1) is 10.2 Å². The first-order valence-electron chi connectivity index (χ1n) is 10.3. The van der Waals surface area contributed by atoms with Crippen LogP contribution in [-0.2, 0) is 0 Å². The molecule has 5 heteroatoms. The number of hydrogen-bond acceptors (Lipinski definition) is 4. The Balaban J connectivity index is 1.48. The number of benzene rings is 2. The zero-order valence-electron chi connectivity index (χ0n) is 16.8. The second kappa shape index (κ2) is 7.95. The highest BCUT2D eigenvalue weighted by atomic mass is 16.5. The molecule has 0 saturated carbocycles. The van der Waals surface area contributed by atoms with Crippen molar-refractivity contribution < 1.29 is 4.74 Å². The van der Waals surface area contributed by atoms with E-state index in [4.69, 9.17) is 4.74 Å². The molecule has 0 bridgehead atoms. The average Bonchev–Trinajstić information content (AvgIpc) is 3.22. The van der Waals surface area contributed by atoms with Crippen molar-refractivity contribution >= 4 is 16.6 Å². The number of unbranched alkanes of at least 4 members (excludes halogenated alkanes) is 1. The Hall–Kier alpha value is -3.73. The van der Waals surface area contributed by atoms with E-state index in [0.29, 0.717) is 0 Å². The lowest BCUT2D eigenvalue weighted by Crippen LogP contribution is -1.96. The molecule has 2 aromatic carbocycles. The van der Waals surface area contributed by atoms with Gasteiger partial charge in [-0.2, -0.15) is 0 Å². The number of aromatic nitrogens is 4. The topological polar surface area (TPSA) is 52.3 Å². The fraction of sp³-hybridized carbons (Fsp3) is 0.160. The van der Waals surface area contributed by atoms with E-state index in [2.05, 4.69) is 52.4 Å². The Morgan fingerprint density at radius 1 is 0.900 bits per heavy atom. The number of pyridine rings is 2. The fourth-order valence-electron chi connectivity index (χ4n) is 3.62. The Morgan fingerprint density at radius 2 is 1.77 bits per heavy atom. The summed E-state index contributed by atoms with van der Waals surface area (Å²) in [5.41, 5.74) is 5.01. The highest BCUT2D eigenvalue weighted by Crippen LogP contribution is 2.28. The summed E-state index contributed by atoms with van der Waals surface area (Å²) in [6, 6.07) is 22.4. The first-order valence-corrected chi connectivity index (χ1v) is 10.3. The molecule has 3 aromatic heterocycles. The molecule has 3 heterocycles. The van der Waals surface area contributed by atoms with Gasteiger partial charge in [0.15, 0.2) is 11.5 Å². The summed E-state index contributed by atoms with van der Waals surface area (Å²) < 4.78 is 7.78. The van der Waals surface area contributed by atoms with Gasteiger partial charge in [-0.05, 0) is 53.9 Å². The lowest BCUT2D eigenvalue weighted by Gasteiger charge is -2.08. The molecule has 0 aliphatic heterocycles. The summed E-state index contributed by atoms with van der Waals surface area (Å²) in [7, 11) is 0. The maximum absolute atomic E-state index is 5.76. The van der Waals surface area contributed by atoms with Crippen LogP contribution < -0.4 is 4.74 Å². The second-order valence-corrected chi connectivity index (χ2v) is 7.27. The van der Waals surface area contributed by atoms with Crippen LogP contribution >= 0.6 is 0 Å². The highest BCUT2D eigenvalue weighted by Gasteiger charge is 2.12. The fourth-order valence-corrected chi connectivity index (χ4v) is 3.62. The SMILES string of the molecule is CCCCOc1ccc(-c2ccn3c(-c4ccnc5ccccc45)nnc3c2)cc1. The number of para-hydroxylation sites is 1. The van der Waals surface area contributed by atoms with Gasteiger partial charge in [-0.1, -0.05) is 43.7 Å². The van der Waals surface area contributed by atoms with Crippen LogP contribution in [0.15, 0.2) is 79.1 Å². The molecule has 0 saturated heterocycles. The quantitative estimate of drug-likeness (QED) is 0.342. The van der Waals surface area contributed by atoms with Gasteiger partial charge in [0.2, 0.25) is 0 Å². The molecule has 0 spiro atoms. The lowest BCUT2D eigenvalue weighted by molar-refractivity contribution is 0.309. The Labute approximate surface area is 175 Å². The predicted octanol–water partition coefficient (Wildman–Crippen LogP) is 5.79. The van der Waals surface area contributed by atoms with Crippen molar-refractivity contribution in [2.45, 2.75) is 19.8 Å². The van der Waals surface area contributed by atoms with E-state index in [1.807, 2.05) is 53.2 Å². The van der Waals surface area contributed by atoms with E-state index >= 15 is 0 Å². The molecule has 0 amide bonds.